The topological polar surface area (TPSA) is 80.3 Å². The van der Waals surface area contributed by atoms with Gasteiger partial charge in [-0.1, -0.05) is 0 Å². The molecule has 0 aliphatic rings. The third-order valence-corrected chi connectivity index (χ3v) is 3.27. The first-order chi connectivity index (χ1) is 12.6. The third-order valence-electron chi connectivity index (χ3n) is 3.27. The van der Waals surface area contributed by atoms with Crippen LogP contribution in [0.1, 0.15) is 0 Å². The summed E-state index contributed by atoms with van der Waals surface area (Å²) in [7, 11) is 0. The van der Waals surface area contributed by atoms with E-state index in [0.29, 0.717) is 0 Å². The van der Waals surface area contributed by atoms with Gasteiger partial charge in [0.2, 0.25) is 0 Å². The molecule has 0 aliphatic heterocycles. The summed E-state index contributed by atoms with van der Waals surface area (Å²) in [5.41, 5.74) is 0. The van der Waals surface area contributed by atoms with Crippen molar-refractivity contribution in [3.05, 3.63) is 0 Å². The third kappa shape index (κ3) is 4.42. The maximum Gasteiger partial charge on any atom is 1.00 e. The summed E-state index contributed by atoms with van der Waals surface area (Å²) >= 11 is 0. The first-order valence-electron chi connectivity index (χ1n) is 6.09. The van der Waals surface area contributed by atoms with E-state index < -0.39 is 59.3 Å². The number of alkyl halides is 16. The molecule has 0 aliphatic carbocycles. The van der Waals surface area contributed by atoms with Crippen LogP contribution in [0.3, 0.4) is 0 Å². The molecule has 22 heteroatoms. The van der Waals surface area contributed by atoms with Crippen LogP contribution in [0.4, 0.5) is 70.2 Å². The number of hydrogen-bond acceptors (Lipinski definition) is 4. The second kappa shape index (κ2) is 9.46. The summed E-state index contributed by atoms with van der Waals surface area (Å²) in [6.45, 7) is 0. The minimum Gasteiger partial charge on any atom is -0.544 e. The predicted octanol–water partition coefficient (Wildman–Crippen LogP) is -4.42. The van der Waals surface area contributed by atoms with Gasteiger partial charge in [0, 0.05) is 0 Å². The summed E-state index contributed by atoms with van der Waals surface area (Å²) in [6.07, 6.45) is 0. The quantitative estimate of drug-likeness (QED) is 0.221. The van der Waals surface area contributed by atoms with Crippen molar-refractivity contribution < 1.29 is 149 Å². The molecule has 0 spiro atoms. The van der Waals surface area contributed by atoms with Gasteiger partial charge in [0.05, 0.1) is 0 Å². The molecule has 0 fully saturated rings. The van der Waals surface area contributed by atoms with Crippen molar-refractivity contribution in [1.82, 2.24) is 0 Å². The Bertz CT molecular complexity index is 662. The fraction of sp³-hybridized carbons (Fsp3) is 0.800. The second-order valence-corrected chi connectivity index (χ2v) is 5.17. The molecular weight excluding hydrogens is 534 g/mol. The van der Waals surface area contributed by atoms with Crippen LogP contribution >= 0.6 is 0 Å². The standard InChI is InChI=1S/C10H2F16O4.2Na/c11-3(12,1(27)28)5(15,16)7(19,20)9(23,24)10(25,26)8(21,22)6(17,18)4(13,14)2(29)30;;/h(H,27,28)(H,29,30);;/q;2*+1/p-2. The van der Waals surface area contributed by atoms with Gasteiger partial charge >= 0.3 is 106 Å². The largest absolute Gasteiger partial charge is 1.00 e. The summed E-state index contributed by atoms with van der Waals surface area (Å²) in [6, 6.07) is 0. The molecule has 0 atom stereocenters. The number of carboxylic acids is 2. The van der Waals surface area contributed by atoms with Gasteiger partial charge in [-0.15, -0.1) is 0 Å². The maximum absolute atomic E-state index is 13.1. The normalized spacial score (nSPS) is 14.9. The molecule has 4 nitrogen and oxygen atoms in total. The van der Waals surface area contributed by atoms with E-state index in [1.807, 2.05) is 0 Å². The van der Waals surface area contributed by atoms with Gasteiger partial charge in [0.15, 0.2) is 0 Å². The van der Waals surface area contributed by atoms with Crippen molar-refractivity contribution in [2.24, 2.45) is 0 Å². The molecule has 0 radical (unpaired) electrons. The Morgan fingerprint density at radius 2 is 0.500 bits per heavy atom. The number of hydrogen-bond donors (Lipinski definition) is 0. The van der Waals surface area contributed by atoms with E-state index in [1.165, 1.54) is 0 Å². The van der Waals surface area contributed by atoms with E-state index in [1.54, 1.807) is 0 Å². The van der Waals surface area contributed by atoms with Crippen LogP contribution in [0.5, 0.6) is 0 Å². The molecule has 0 aromatic heterocycles. The molecule has 0 heterocycles. The van der Waals surface area contributed by atoms with Gasteiger partial charge in [0.1, 0.15) is 11.9 Å². The van der Waals surface area contributed by atoms with Gasteiger partial charge in [-0.2, -0.15) is 70.2 Å². The summed E-state index contributed by atoms with van der Waals surface area (Å²) < 4.78 is 207. The van der Waals surface area contributed by atoms with Gasteiger partial charge in [0.25, 0.3) is 0 Å². The first kappa shape index (κ1) is 36.4. The summed E-state index contributed by atoms with van der Waals surface area (Å²) in [4.78, 5) is 19.4. The van der Waals surface area contributed by atoms with E-state index >= 15 is 0 Å². The molecule has 0 saturated carbocycles. The van der Waals surface area contributed by atoms with Crippen molar-refractivity contribution in [3.63, 3.8) is 0 Å². The number of rotatable bonds is 9. The Morgan fingerprint density at radius 3 is 0.625 bits per heavy atom. The molecule has 0 aromatic carbocycles. The Labute approximate surface area is 207 Å². The van der Waals surface area contributed by atoms with Gasteiger partial charge in [-0.3, -0.25) is 0 Å². The van der Waals surface area contributed by atoms with E-state index in [4.69, 9.17) is 0 Å². The van der Waals surface area contributed by atoms with Gasteiger partial charge < -0.3 is 19.8 Å². The zero-order valence-corrected chi connectivity index (χ0v) is 18.7. The number of halogens is 16. The van der Waals surface area contributed by atoms with E-state index in [-0.39, 0.29) is 59.1 Å². The number of aliphatic carboxylic acids is 2. The van der Waals surface area contributed by atoms with Crippen molar-refractivity contribution in [2.45, 2.75) is 47.4 Å². The Balaban J connectivity index is -0.00000420. The number of carbonyl (C=O) groups excluding carboxylic acids is 2. The number of carbonyl (C=O) groups is 2. The van der Waals surface area contributed by atoms with Crippen LogP contribution in [0, 0.1) is 0 Å². The summed E-state index contributed by atoms with van der Waals surface area (Å²) in [5, 5.41) is 19.4. The van der Waals surface area contributed by atoms with Crippen LogP contribution in [0.2, 0.25) is 0 Å². The van der Waals surface area contributed by atoms with Gasteiger partial charge in [-0.25, -0.2) is 0 Å². The van der Waals surface area contributed by atoms with Gasteiger partial charge in [-0.05, 0) is 0 Å². The van der Waals surface area contributed by atoms with E-state index in [2.05, 4.69) is 0 Å². The van der Waals surface area contributed by atoms with E-state index in [9.17, 15) is 90.0 Å². The Kier molecular flexibility index (Phi) is 10.8. The average Bonchev–Trinajstić information content (AvgIpc) is 2.52. The summed E-state index contributed by atoms with van der Waals surface area (Å²) in [5.74, 6) is -76.0. The smallest absolute Gasteiger partial charge is 0.544 e. The molecule has 0 rings (SSSR count). The Hall–Kier alpha value is -0.180. The molecule has 0 saturated heterocycles. The molecule has 0 amide bonds. The second-order valence-electron chi connectivity index (χ2n) is 5.17. The maximum atomic E-state index is 13.1. The van der Waals surface area contributed by atoms with E-state index in [0.717, 1.165) is 0 Å². The first-order valence-corrected chi connectivity index (χ1v) is 6.09. The van der Waals surface area contributed by atoms with Crippen LogP contribution in [-0.4, -0.2) is 59.3 Å². The van der Waals surface area contributed by atoms with Crippen LogP contribution in [-0.2, 0) is 9.59 Å². The zero-order valence-electron chi connectivity index (χ0n) is 14.7. The SMILES string of the molecule is O=C([O-])C(F)(F)C(F)(F)C(F)(F)C(F)(F)C(F)(F)C(F)(F)C(F)(F)C(F)(F)C(=O)[O-].[Na+].[Na+]. The van der Waals surface area contributed by atoms with Crippen molar-refractivity contribution in [3.8, 4) is 0 Å². The molecule has 0 unspecified atom stereocenters. The number of carboxylic acid groups (broad SMARTS) is 2. The van der Waals surface area contributed by atoms with Crippen molar-refractivity contribution in [1.29, 1.82) is 0 Å². The predicted molar refractivity (Wildman–Crippen MR) is 49.6 cm³/mol. The fourth-order valence-electron chi connectivity index (χ4n) is 1.44. The fourth-order valence-corrected chi connectivity index (χ4v) is 1.44. The average molecular weight is 534 g/mol. The van der Waals surface area contributed by atoms with Crippen molar-refractivity contribution >= 4 is 11.9 Å². The molecule has 0 aromatic rings. The molecule has 0 N–H and O–H groups in total. The molecule has 0 bridgehead atoms. The monoisotopic (exact) mass is 534 g/mol. The van der Waals surface area contributed by atoms with Crippen LogP contribution in [0.25, 0.3) is 0 Å². The Morgan fingerprint density at radius 1 is 0.375 bits per heavy atom. The van der Waals surface area contributed by atoms with Crippen LogP contribution < -0.4 is 69.3 Å². The van der Waals surface area contributed by atoms with Crippen molar-refractivity contribution in [2.75, 3.05) is 0 Å². The molecular formula is C10F16Na2O4. The minimum absolute atomic E-state index is 0. The molecule has 32 heavy (non-hydrogen) atoms. The molecule has 178 valence electrons. The zero-order chi connectivity index (χ0) is 25.2. The minimum atomic E-state index is -8.85. The van der Waals surface area contributed by atoms with Crippen LogP contribution in [0.15, 0.2) is 0 Å².